The summed E-state index contributed by atoms with van der Waals surface area (Å²) in [7, 11) is 1.45. The average Bonchev–Trinajstić information content (AvgIpc) is 3.07. The van der Waals surface area contributed by atoms with Crippen molar-refractivity contribution in [3.8, 4) is 0 Å². The molecule has 1 atom stereocenters. The second kappa shape index (κ2) is 37.9. The molecule has 326 valence electrons. The van der Waals surface area contributed by atoms with Crippen molar-refractivity contribution in [2.75, 3.05) is 7.11 Å². The number of halogens is 4. The van der Waals surface area contributed by atoms with Crippen molar-refractivity contribution < 1.29 is 51.1 Å². The van der Waals surface area contributed by atoms with Crippen LogP contribution in [-0.4, -0.2) is 53.9 Å². The summed E-state index contributed by atoms with van der Waals surface area (Å²) < 4.78 is 52.7. The van der Waals surface area contributed by atoms with Crippen molar-refractivity contribution in [1.82, 2.24) is 0 Å². The van der Waals surface area contributed by atoms with Gasteiger partial charge < -0.3 is 4.74 Å². The van der Waals surface area contributed by atoms with Crippen molar-refractivity contribution >= 4 is 34.7 Å². The van der Waals surface area contributed by atoms with Crippen LogP contribution in [0.1, 0.15) is 125 Å². The predicted octanol–water partition coefficient (Wildman–Crippen LogP) is 12.2. The van der Waals surface area contributed by atoms with Crippen molar-refractivity contribution in [2.24, 2.45) is 35.5 Å². The van der Waals surface area contributed by atoms with Gasteiger partial charge in [0, 0.05) is 42.4 Å². The topological polar surface area (TPSA) is 112 Å². The first kappa shape index (κ1) is 66.8. The summed E-state index contributed by atoms with van der Waals surface area (Å²) >= 11 is 0. The Morgan fingerprint density at radius 3 is 1.14 bits per heavy atom. The van der Waals surface area contributed by atoms with Crippen LogP contribution >= 0.6 is 0 Å². The molecule has 7 nitrogen and oxygen atoms in total. The van der Waals surface area contributed by atoms with Crippen LogP contribution in [0.2, 0.25) is 0 Å². The summed E-state index contributed by atoms with van der Waals surface area (Å²) in [5, 5.41) is 0. The molecule has 0 saturated heterocycles. The third kappa shape index (κ3) is 50.0. The average molecular weight is 805 g/mol. The van der Waals surface area contributed by atoms with Gasteiger partial charge in [-0.1, -0.05) is 123 Å². The van der Waals surface area contributed by atoms with Crippen molar-refractivity contribution in [2.45, 2.75) is 137 Å². The van der Waals surface area contributed by atoms with Gasteiger partial charge in [-0.15, -0.1) is 0 Å². The summed E-state index contributed by atoms with van der Waals surface area (Å²) in [6, 6.07) is 0. The number of hydrogen-bond donors (Lipinski definition) is 0. The number of Topliss-reactive ketones (excluding diaryl/α,β-unsaturated/α-hetero) is 3. The number of rotatable bonds is 16. The van der Waals surface area contributed by atoms with Crippen LogP contribution in [0.5, 0.6) is 0 Å². The largest absolute Gasteiger partial charge is 0.494 e. The minimum Gasteiger partial charge on any atom is -0.494 e. The minimum atomic E-state index is -2.88. The summed E-state index contributed by atoms with van der Waals surface area (Å²) in [5.74, 6) is -4.23. The molecule has 1 unspecified atom stereocenters. The molecule has 0 saturated carbocycles. The third-order valence-electron chi connectivity index (χ3n) is 6.07. The Morgan fingerprint density at radius 1 is 0.625 bits per heavy atom. The number of allylic oxidation sites excluding steroid dienone is 9. The highest BCUT2D eigenvalue weighted by Crippen LogP contribution is 2.13. The Bertz CT molecular complexity index is 1250. The molecule has 56 heavy (non-hydrogen) atoms. The summed E-state index contributed by atoms with van der Waals surface area (Å²) in [6.45, 7) is 37.1. The number of ketones is 6. The van der Waals surface area contributed by atoms with Crippen LogP contribution in [0.25, 0.3) is 0 Å². The van der Waals surface area contributed by atoms with Crippen molar-refractivity contribution in [1.29, 1.82) is 0 Å². The second-order valence-corrected chi connectivity index (χ2v) is 14.2. The van der Waals surface area contributed by atoms with E-state index in [1.54, 1.807) is 54.5 Å². The molecule has 0 aromatic carbocycles. The van der Waals surface area contributed by atoms with E-state index in [1.165, 1.54) is 26.2 Å². The van der Waals surface area contributed by atoms with Gasteiger partial charge in [0.05, 0.1) is 7.11 Å². The molecule has 0 spiro atoms. The van der Waals surface area contributed by atoms with E-state index in [2.05, 4.69) is 24.5 Å². The monoisotopic (exact) mass is 805 g/mol. The Kier molecular flexibility index (Phi) is 45.2. The fraction of sp³-hybridized carbons (Fsp3) is 0.600. The zero-order valence-corrected chi connectivity index (χ0v) is 36.7. The fourth-order valence-electron chi connectivity index (χ4n) is 2.50. The predicted molar refractivity (Wildman–Crippen MR) is 226 cm³/mol. The van der Waals surface area contributed by atoms with E-state index in [1.807, 2.05) is 54.5 Å². The standard InChI is InChI=1S/C8H12F2O.C8H13FO.C8H14O.C7H12O2.C7H12O.C6H9FO.CH4/c1-6(2)7(11)4-5-8(3,9)10;1-6(2)8(10)5-4-7(3)9;1-4-5-6-8(9)7(2)3;1-5(2)7(8)6(3)9-4;1-5(2)7(8)6(3)4;1-4(2)6(8)5(3)7;/h4-6H,1-3H3;4-7H,1-3H3;5-7H,4H2,1-3H3;5H,3H2,1-2,4H3;6H,1H2,2-4H3;4H,3H2,1-2H3;1H4/b2*5-4+;6-5+;;;;. The molecule has 0 fully saturated rings. The fourth-order valence-corrected chi connectivity index (χ4v) is 2.50. The molecule has 0 aliphatic rings. The SMILES string of the molecule is C.C=C(C)C(=O)C(C)C.C=C(F)C(=O)C(C)C.C=C(OC)C(=O)C(C)C.CC(C)C(=O)/C=C/C(C)(F)F.CC(F)/C=C/C(=O)C(C)C.CC/C=C/C(=O)C(C)C. The summed E-state index contributed by atoms with van der Waals surface area (Å²) in [4.78, 5) is 64.3. The van der Waals surface area contributed by atoms with Gasteiger partial charge in [-0.25, -0.2) is 17.6 Å². The molecule has 11 heteroatoms. The summed E-state index contributed by atoms with van der Waals surface area (Å²) in [6.07, 6.45) is 7.59. The number of carbonyl (C=O) groups excluding carboxylic acids is 6. The number of carbonyl (C=O) groups is 6. The first-order valence-corrected chi connectivity index (χ1v) is 18.3. The lowest BCUT2D eigenvalue weighted by Gasteiger charge is -2.04. The smallest absolute Gasteiger partial charge is 0.264 e. The zero-order chi connectivity index (χ0) is 45.4. The van der Waals surface area contributed by atoms with Crippen LogP contribution in [0.4, 0.5) is 17.6 Å². The van der Waals surface area contributed by atoms with E-state index in [4.69, 9.17) is 0 Å². The van der Waals surface area contributed by atoms with Gasteiger partial charge in [0.15, 0.2) is 46.3 Å². The molecule has 0 N–H and O–H groups in total. The molecule has 0 aromatic rings. The van der Waals surface area contributed by atoms with E-state index < -0.39 is 23.7 Å². The first-order valence-electron chi connectivity index (χ1n) is 18.3. The van der Waals surface area contributed by atoms with Crippen LogP contribution in [0.15, 0.2) is 73.4 Å². The molecule has 0 aromatic heterocycles. The normalized spacial score (nSPS) is 11.1. The van der Waals surface area contributed by atoms with Crippen molar-refractivity contribution in [3.63, 3.8) is 0 Å². The Morgan fingerprint density at radius 2 is 0.964 bits per heavy atom. The number of hydrogen-bond acceptors (Lipinski definition) is 7. The number of ether oxygens (including phenoxy) is 1. The van der Waals surface area contributed by atoms with E-state index >= 15 is 0 Å². The highest BCUT2D eigenvalue weighted by atomic mass is 19.3. The highest BCUT2D eigenvalue weighted by Gasteiger charge is 2.16. The van der Waals surface area contributed by atoms with Gasteiger partial charge in [0.25, 0.3) is 5.92 Å². The molecule has 0 amide bonds. The van der Waals surface area contributed by atoms with E-state index in [0.29, 0.717) is 11.6 Å². The lowest BCUT2D eigenvalue weighted by Crippen LogP contribution is -2.10. The van der Waals surface area contributed by atoms with E-state index in [9.17, 15) is 46.3 Å². The summed E-state index contributed by atoms with van der Waals surface area (Å²) in [5.41, 5.74) is 0.653. The maximum Gasteiger partial charge on any atom is 0.264 e. The quantitative estimate of drug-likeness (QED) is 0.0867. The molecular formula is C45H76F4O7. The Labute approximate surface area is 337 Å². The lowest BCUT2D eigenvalue weighted by atomic mass is 10.0. The Balaban J connectivity index is -0.000000103. The highest BCUT2D eigenvalue weighted by molar-refractivity contribution is 5.96. The molecule has 0 heterocycles. The van der Waals surface area contributed by atoms with Gasteiger partial charge in [-0.2, -0.15) is 0 Å². The molecule has 0 bridgehead atoms. The van der Waals surface area contributed by atoms with Gasteiger partial charge >= 0.3 is 0 Å². The second-order valence-electron chi connectivity index (χ2n) is 14.2. The number of methoxy groups -OCH3 is 1. The van der Waals surface area contributed by atoms with Gasteiger partial charge in [-0.05, 0) is 56.2 Å². The zero-order valence-electron chi connectivity index (χ0n) is 36.7. The van der Waals surface area contributed by atoms with Gasteiger partial charge in [0.2, 0.25) is 0 Å². The minimum absolute atomic E-state index is 0. The third-order valence-corrected chi connectivity index (χ3v) is 6.07. The Hall–Kier alpha value is -4.02. The lowest BCUT2D eigenvalue weighted by molar-refractivity contribution is -0.121. The van der Waals surface area contributed by atoms with Crippen LogP contribution < -0.4 is 0 Å². The van der Waals surface area contributed by atoms with E-state index in [0.717, 1.165) is 19.4 Å². The molecule has 0 radical (unpaired) electrons. The number of alkyl halides is 3. The molecule has 0 aliphatic heterocycles. The van der Waals surface area contributed by atoms with Crippen LogP contribution in [0.3, 0.4) is 0 Å². The maximum absolute atomic E-state index is 12.1. The first-order chi connectivity index (χ1) is 24.7. The van der Waals surface area contributed by atoms with Gasteiger partial charge in [0.1, 0.15) is 6.17 Å². The van der Waals surface area contributed by atoms with Gasteiger partial charge in [-0.3, -0.25) is 28.8 Å². The molecule has 0 aliphatic carbocycles. The molecule has 0 rings (SSSR count). The van der Waals surface area contributed by atoms with E-state index in [-0.39, 0.29) is 77.6 Å². The van der Waals surface area contributed by atoms with Crippen LogP contribution in [-0.2, 0) is 33.5 Å². The molecular weight excluding hydrogens is 728 g/mol. The van der Waals surface area contributed by atoms with Crippen LogP contribution in [0, 0.1) is 35.5 Å². The van der Waals surface area contributed by atoms with Crippen molar-refractivity contribution in [3.05, 3.63) is 73.4 Å². The maximum atomic E-state index is 12.1.